The second kappa shape index (κ2) is 4.19. The zero-order chi connectivity index (χ0) is 10.0. The molecule has 1 saturated carbocycles. The number of rotatable bonds is 1. The smallest absolute Gasteiger partial charge is 0.0608 e. The molecule has 82 valence electrons. The van der Waals surface area contributed by atoms with Crippen molar-refractivity contribution in [2.24, 2.45) is 5.41 Å². The van der Waals surface area contributed by atoms with E-state index < -0.39 is 0 Å². The van der Waals surface area contributed by atoms with Crippen molar-refractivity contribution >= 4 is 0 Å². The maximum Gasteiger partial charge on any atom is 0.0608 e. The Labute approximate surface area is 87.3 Å². The minimum atomic E-state index is -0.0226. The summed E-state index contributed by atoms with van der Waals surface area (Å²) < 4.78 is 0. The molecule has 1 N–H and O–H groups in total. The fourth-order valence-corrected chi connectivity index (χ4v) is 3.29. The summed E-state index contributed by atoms with van der Waals surface area (Å²) in [6.45, 7) is 5.76. The first kappa shape index (κ1) is 10.4. The van der Waals surface area contributed by atoms with Gasteiger partial charge in [-0.25, -0.2) is 0 Å². The summed E-state index contributed by atoms with van der Waals surface area (Å²) in [5.74, 6) is 0. The van der Waals surface area contributed by atoms with Gasteiger partial charge in [0.2, 0.25) is 0 Å². The molecule has 1 aliphatic carbocycles. The monoisotopic (exact) mass is 197 g/mol. The third kappa shape index (κ3) is 1.82. The molecule has 0 radical (unpaired) electrons. The van der Waals surface area contributed by atoms with Crippen LogP contribution >= 0.6 is 0 Å². The second-order valence-electron chi connectivity index (χ2n) is 5.10. The summed E-state index contributed by atoms with van der Waals surface area (Å²) in [5, 5.41) is 10.2. The number of aliphatic hydroxyl groups excluding tert-OH is 1. The van der Waals surface area contributed by atoms with Crippen LogP contribution in [0, 0.1) is 5.41 Å². The summed E-state index contributed by atoms with van der Waals surface area (Å²) in [7, 11) is 0. The van der Waals surface area contributed by atoms with E-state index in [1.54, 1.807) is 0 Å². The number of piperidine rings is 1. The van der Waals surface area contributed by atoms with Crippen LogP contribution in [-0.2, 0) is 0 Å². The molecule has 1 aliphatic heterocycles. The molecule has 2 aliphatic rings. The van der Waals surface area contributed by atoms with Crippen molar-refractivity contribution in [3.05, 3.63) is 0 Å². The molecule has 2 atom stereocenters. The molecular weight excluding hydrogens is 174 g/mol. The van der Waals surface area contributed by atoms with Crippen molar-refractivity contribution in [3.63, 3.8) is 0 Å². The third-order valence-corrected chi connectivity index (χ3v) is 4.24. The molecule has 14 heavy (non-hydrogen) atoms. The Kier molecular flexibility index (Phi) is 3.13. The van der Waals surface area contributed by atoms with Gasteiger partial charge in [0.1, 0.15) is 0 Å². The zero-order valence-electron chi connectivity index (χ0n) is 9.34. The van der Waals surface area contributed by atoms with E-state index in [4.69, 9.17) is 0 Å². The summed E-state index contributed by atoms with van der Waals surface area (Å²) in [4.78, 5) is 2.51. The molecule has 1 heterocycles. The Morgan fingerprint density at radius 1 is 1.29 bits per heavy atom. The zero-order valence-corrected chi connectivity index (χ0v) is 9.34. The van der Waals surface area contributed by atoms with Gasteiger partial charge >= 0.3 is 0 Å². The topological polar surface area (TPSA) is 23.5 Å². The van der Waals surface area contributed by atoms with Gasteiger partial charge in [-0.15, -0.1) is 0 Å². The Balaban J connectivity index is 2.04. The minimum Gasteiger partial charge on any atom is -0.393 e. The van der Waals surface area contributed by atoms with Gasteiger partial charge in [0.25, 0.3) is 0 Å². The quantitative estimate of drug-likeness (QED) is 0.695. The maximum atomic E-state index is 10.2. The summed E-state index contributed by atoms with van der Waals surface area (Å²) >= 11 is 0. The van der Waals surface area contributed by atoms with Crippen LogP contribution in [0.3, 0.4) is 0 Å². The van der Waals surface area contributed by atoms with Gasteiger partial charge in [-0.2, -0.15) is 0 Å². The molecule has 1 spiro atoms. The molecule has 2 nitrogen and oxygen atoms in total. The molecule has 0 aromatic heterocycles. The number of nitrogens with zero attached hydrogens (tertiary/aromatic N) is 1. The van der Waals surface area contributed by atoms with Gasteiger partial charge in [-0.05, 0) is 38.8 Å². The molecular formula is C12H23NO. The van der Waals surface area contributed by atoms with Gasteiger partial charge in [0, 0.05) is 12.0 Å². The van der Waals surface area contributed by atoms with Crippen LogP contribution in [0.15, 0.2) is 0 Å². The summed E-state index contributed by atoms with van der Waals surface area (Å²) in [5.41, 5.74) is 0.270. The number of hydrogen-bond acceptors (Lipinski definition) is 2. The van der Waals surface area contributed by atoms with Crippen LogP contribution < -0.4 is 0 Å². The summed E-state index contributed by atoms with van der Waals surface area (Å²) in [6, 6.07) is 0. The van der Waals surface area contributed by atoms with Gasteiger partial charge in [0.15, 0.2) is 0 Å². The van der Waals surface area contributed by atoms with E-state index in [1.165, 1.54) is 38.6 Å². The van der Waals surface area contributed by atoms with Gasteiger partial charge in [0.05, 0.1) is 6.10 Å². The molecule has 0 aromatic carbocycles. The number of likely N-dealkylation sites (tertiary alicyclic amines) is 1. The van der Waals surface area contributed by atoms with Gasteiger partial charge in [-0.1, -0.05) is 19.8 Å². The molecule has 0 bridgehead atoms. The lowest BCUT2D eigenvalue weighted by molar-refractivity contribution is -0.0582. The number of hydrogen-bond donors (Lipinski definition) is 1. The lowest BCUT2D eigenvalue weighted by Gasteiger charge is -2.48. The van der Waals surface area contributed by atoms with Crippen molar-refractivity contribution in [1.29, 1.82) is 0 Å². The first-order valence-corrected chi connectivity index (χ1v) is 6.17. The fraction of sp³-hybridized carbons (Fsp3) is 1.00. The van der Waals surface area contributed by atoms with Gasteiger partial charge < -0.3 is 10.0 Å². The predicted molar refractivity (Wildman–Crippen MR) is 58.3 cm³/mol. The first-order chi connectivity index (χ1) is 6.77. The van der Waals surface area contributed by atoms with Crippen molar-refractivity contribution < 1.29 is 5.11 Å². The average Bonchev–Trinajstić information content (AvgIpc) is 2.23. The highest BCUT2D eigenvalue weighted by atomic mass is 16.3. The van der Waals surface area contributed by atoms with Gasteiger partial charge in [-0.3, -0.25) is 0 Å². The molecule has 0 amide bonds. The normalized spacial score (nSPS) is 40.3. The maximum absolute atomic E-state index is 10.2. The van der Waals surface area contributed by atoms with E-state index in [9.17, 15) is 5.11 Å². The van der Waals surface area contributed by atoms with Crippen LogP contribution in [0.5, 0.6) is 0 Å². The fourth-order valence-electron chi connectivity index (χ4n) is 3.29. The van der Waals surface area contributed by atoms with Crippen LogP contribution in [0.2, 0.25) is 0 Å². The van der Waals surface area contributed by atoms with E-state index in [0.29, 0.717) is 0 Å². The predicted octanol–water partition coefficient (Wildman–Crippen LogP) is 2.02. The SMILES string of the molecule is CCN1CCCC2(CCCCC2O)C1. The molecule has 2 rings (SSSR count). The Hall–Kier alpha value is -0.0800. The lowest BCUT2D eigenvalue weighted by Crippen LogP contribution is -2.50. The van der Waals surface area contributed by atoms with Crippen LogP contribution in [0.25, 0.3) is 0 Å². The largest absolute Gasteiger partial charge is 0.393 e. The lowest BCUT2D eigenvalue weighted by atomic mass is 9.67. The Bertz CT molecular complexity index is 191. The number of aliphatic hydroxyl groups is 1. The van der Waals surface area contributed by atoms with E-state index >= 15 is 0 Å². The molecule has 0 aromatic rings. The Morgan fingerprint density at radius 2 is 2.07 bits per heavy atom. The standard InChI is InChI=1S/C12H23NO/c1-2-13-9-5-8-12(10-13)7-4-3-6-11(12)14/h11,14H,2-10H2,1H3. The molecule has 2 heteroatoms. The highest BCUT2D eigenvalue weighted by Gasteiger charge is 2.42. The highest BCUT2D eigenvalue weighted by molar-refractivity contribution is 4.94. The Morgan fingerprint density at radius 3 is 2.79 bits per heavy atom. The van der Waals surface area contributed by atoms with E-state index in [-0.39, 0.29) is 11.5 Å². The van der Waals surface area contributed by atoms with E-state index in [1.807, 2.05) is 0 Å². The highest BCUT2D eigenvalue weighted by Crippen LogP contribution is 2.43. The third-order valence-electron chi connectivity index (χ3n) is 4.24. The van der Waals surface area contributed by atoms with Crippen LogP contribution in [-0.4, -0.2) is 35.7 Å². The van der Waals surface area contributed by atoms with Crippen LogP contribution in [0.1, 0.15) is 45.4 Å². The summed E-state index contributed by atoms with van der Waals surface area (Å²) in [6.07, 6.45) is 7.37. The minimum absolute atomic E-state index is 0.0226. The first-order valence-electron chi connectivity index (χ1n) is 6.17. The van der Waals surface area contributed by atoms with Crippen molar-refractivity contribution in [3.8, 4) is 0 Å². The molecule has 2 unspecified atom stereocenters. The molecule has 1 saturated heterocycles. The van der Waals surface area contributed by atoms with Crippen molar-refractivity contribution in [2.75, 3.05) is 19.6 Å². The van der Waals surface area contributed by atoms with Crippen molar-refractivity contribution in [1.82, 2.24) is 4.90 Å². The van der Waals surface area contributed by atoms with Crippen LogP contribution in [0.4, 0.5) is 0 Å². The average molecular weight is 197 g/mol. The van der Waals surface area contributed by atoms with Crippen molar-refractivity contribution in [2.45, 2.75) is 51.6 Å². The molecule has 2 fully saturated rings. The van der Waals surface area contributed by atoms with E-state index in [0.717, 1.165) is 19.5 Å². The van der Waals surface area contributed by atoms with E-state index in [2.05, 4.69) is 11.8 Å². The second-order valence-corrected chi connectivity index (χ2v) is 5.10.